The van der Waals surface area contributed by atoms with Gasteiger partial charge in [-0.3, -0.25) is 4.79 Å². The second-order valence-electron chi connectivity index (χ2n) is 4.69. The molecule has 1 aromatic carbocycles. The lowest BCUT2D eigenvalue weighted by Gasteiger charge is -2.17. The number of fused-ring (bicyclic) bond motifs is 1. The second-order valence-corrected chi connectivity index (χ2v) is 6.16. The molecule has 1 N–H and O–H groups in total. The third-order valence-electron chi connectivity index (χ3n) is 3.51. The first-order chi connectivity index (χ1) is 9.70. The van der Waals surface area contributed by atoms with Crippen molar-refractivity contribution in [1.29, 1.82) is 0 Å². The Kier molecular flexibility index (Phi) is 3.68. The fourth-order valence-corrected chi connectivity index (χ4v) is 3.67. The molecule has 20 heavy (non-hydrogen) atoms. The van der Waals surface area contributed by atoms with Gasteiger partial charge in [0, 0.05) is 0 Å². The zero-order chi connectivity index (χ0) is 14.1. The molecule has 104 valence electrons. The van der Waals surface area contributed by atoms with Gasteiger partial charge in [-0.25, -0.2) is 0 Å². The minimum Gasteiger partial charge on any atom is -0.495 e. The van der Waals surface area contributed by atoms with Crippen molar-refractivity contribution in [3.8, 4) is 5.75 Å². The standard InChI is InChI=1S/C15H14ClNO2S/c1-19-12-6-7-20-14(12)15(18)17-13-10-5-3-2-4-9(10)8-11(13)16/h2-7,11,13H,8H2,1H3,(H,17,18). The predicted octanol–water partition coefficient (Wildman–Crippen LogP) is 3.39. The van der Waals surface area contributed by atoms with Crippen LogP contribution in [0.25, 0.3) is 0 Å². The Bertz CT molecular complexity index is 640. The molecule has 1 aliphatic carbocycles. The lowest BCUT2D eigenvalue weighted by molar-refractivity contribution is 0.0938. The highest BCUT2D eigenvalue weighted by Crippen LogP contribution is 2.35. The zero-order valence-corrected chi connectivity index (χ0v) is 12.5. The van der Waals surface area contributed by atoms with E-state index < -0.39 is 0 Å². The van der Waals surface area contributed by atoms with Crippen molar-refractivity contribution in [2.45, 2.75) is 17.8 Å². The second kappa shape index (κ2) is 5.46. The molecule has 0 radical (unpaired) electrons. The lowest BCUT2D eigenvalue weighted by atomic mass is 10.1. The number of carbonyl (C=O) groups excluding carboxylic acids is 1. The number of thiophene rings is 1. The first-order valence-electron chi connectivity index (χ1n) is 6.35. The molecule has 0 aliphatic heterocycles. The van der Waals surface area contributed by atoms with Gasteiger partial charge >= 0.3 is 0 Å². The summed E-state index contributed by atoms with van der Waals surface area (Å²) < 4.78 is 5.18. The van der Waals surface area contributed by atoms with Gasteiger partial charge in [-0.2, -0.15) is 0 Å². The molecule has 1 aromatic heterocycles. The maximum Gasteiger partial charge on any atom is 0.265 e. The third-order valence-corrected chi connectivity index (χ3v) is 4.81. The molecular formula is C15H14ClNO2S. The topological polar surface area (TPSA) is 38.3 Å². The Balaban J connectivity index is 1.83. The number of amides is 1. The van der Waals surface area contributed by atoms with E-state index in [4.69, 9.17) is 16.3 Å². The van der Waals surface area contributed by atoms with Gasteiger partial charge in [0.05, 0.1) is 18.5 Å². The van der Waals surface area contributed by atoms with Crippen LogP contribution < -0.4 is 10.1 Å². The fraction of sp³-hybridized carbons (Fsp3) is 0.267. The number of rotatable bonds is 3. The molecule has 2 unspecified atom stereocenters. The van der Waals surface area contributed by atoms with Crippen LogP contribution in [0.15, 0.2) is 35.7 Å². The average molecular weight is 308 g/mol. The minimum atomic E-state index is -0.146. The highest BCUT2D eigenvalue weighted by atomic mass is 35.5. The van der Waals surface area contributed by atoms with Gasteiger partial charge in [0.1, 0.15) is 10.6 Å². The molecule has 5 heteroatoms. The number of alkyl halides is 1. The van der Waals surface area contributed by atoms with Crippen molar-refractivity contribution in [3.63, 3.8) is 0 Å². The van der Waals surface area contributed by atoms with Crippen molar-refractivity contribution in [1.82, 2.24) is 5.32 Å². The molecule has 0 saturated carbocycles. The number of hydrogen-bond donors (Lipinski definition) is 1. The van der Waals surface area contributed by atoms with Crippen LogP contribution in [0.4, 0.5) is 0 Å². The maximum atomic E-state index is 12.4. The number of nitrogens with one attached hydrogen (secondary N) is 1. The molecule has 1 aliphatic rings. The van der Waals surface area contributed by atoms with Gasteiger partial charge in [0.15, 0.2) is 0 Å². The van der Waals surface area contributed by atoms with Crippen LogP contribution in [-0.4, -0.2) is 18.4 Å². The summed E-state index contributed by atoms with van der Waals surface area (Å²) in [7, 11) is 1.56. The molecule has 1 heterocycles. The summed E-state index contributed by atoms with van der Waals surface area (Å²) in [6.45, 7) is 0. The molecule has 2 aromatic rings. The largest absolute Gasteiger partial charge is 0.495 e. The summed E-state index contributed by atoms with van der Waals surface area (Å²) in [5, 5.41) is 4.75. The van der Waals surface area contributed by atoms with Gasteiger partial charge in [0.2, 0.25) is 0 Å². The van der Waals surface area contributed by atoms with Crippen molar-refractivity contribution < 1.29 is 9.53 Å². The van der Waals surface area contributed by atoms with E-state index in [2.05, 4.69) is 11.4 Å². The van der Waals surface area contributed by atoms with Gasteiger partial charge in [-0.15, -0.1) is 22.9 Å². The third kappa shape index (κ3) is 2.30. The minimum absolute atomic E-state index is 0.109. The van der Waals surface area contributed by atoms with Crippen molar-refractivity contribution in [2.75, 3.05) is 7.11 Å². The van der Waals surface area contributed by atoms with Gasteiger partial charge in [0.25, 0.3) is 5.91 Å². The fourth-order valence-electron chi connectivity index (χ4n) is 2.54. The zero-order valence-electron chi connectivity index (χ0n) is 10.9. The smallest absolute Gasteiger partial charge is 0.265 e. The summed E-state index contributed by atoms with van der Waals surface area (Å²) in [6.07, 6.45) is 0.782. The summed E-state index contributed by atoms with van der Waals surface area (Å²) in [5.41, 5.74) is 2.31. The van der Waals surface area contributed by atoms with Crippen LogP contribution in [0.5, 0.6) is 5.75 Å². The molecule has 0 saturated heterocycles. The van der Waals surface area contributed by atoms with Crippen molar-refractivity contribution in [3.05, 3.63) is 51.7 Å². The van der Waals surface area contributed by atoms with E-state index in [9.17, 15) is 4.79 Å². The Hall–Kier alpha value is -1.52. The molecule has 0 bridgehead atoms. The highest BCUT2D eigenvalue weighted by Gasteiger charge is 2.32. The van der Waals surface area contributed by atoms with Crippen molar-refractivity contribution >= 4 is 28.8 Å². The van der Waals surface area contributed by atoms with Gasteiger partial charge in [-0.05, 0) is 29.0 Å². The van der Waals surface area contributed by atoms with E-state index in [1.807, 2.05) is 23.6 Å². The Morgan fingerprint density at radius 1 is 1.40 bits per heavy atom. The molecule has 0 fully saturated rings. The van der Waals surface area contributed by atoms with E-state index in [1.165, 1.54) is 16.9 Å². The Morgan fingerprint density at radius 2 is 2.20 bits per heavy atom. The van der Waals surface area contributed by atoms with E-state index >= 15 is 0 Å². The molecule has 2 atom stereocenters. The monoisotopic (exact) mass is 307 g/mol. The van der Waals surface area contributed by atoms with Gasteiger partial charge in [-0.1, -0.05) is 24.3 Å². The van der Waals surface area contributed by atoms with E-state index in [0.717, 1.165) is 12.0 Å². The van der Waals surface area contributed by atoms with Crippen LogP contribution in [0.1, 0.15) is 26.8 Å². The van der Waals surface area contributed by atoms with Crippen LogP contribution >= 0.6 is 22.9 Å². The Morgan fingerprint density at radius 3 is 3.00 bits per heavy atom. The molecular weight excluding hydrogens is 294 g/mol. The Labute approximate surface area is 126 Å². The SMILES string of the molecule is COc1ccsc1C(=O)NC1c2ccccc2CC1Cl. The summed E-state index contributed by atoms with van der Waals surface area (Å²) in [5.74, 6) is 0.467. The molecule has 3 nitrogen and oxygen atoms in total. The summed E-state index contributed by atoms with van der Waals surface area (Å²) >= 11 is 7.75. The first-order valence-corrected chi connectivity index (χ1v) is 7.66. The molecule has 0 spiro atoms. The van der Waals surface area contributed by atoms with E-state index in [-0.39, 0.29) is 17.3 Å². The highest BCUT2D eigenvalue weighted by molar-refractivity contribution is 7.12. The van der Waals surface area contributed by atoms with Crippen LogP contribution in [0, 0.1) is 0 Å². The maximum absolute atomic E-state index is 12.4. The van der Waals surface area contributed by atoms with Crippen LogP contribution in [0.2, 0.25) is 0 Å². The quantitative estimate of drug-likeness (QED) is 0.883. The predicted molar refractivity (Wildman–Crippen MR) is 80.9 cm³/mol. The normalized spacial score (nSPS) is 20.5. The summed E-state index contributed by atoms with van der Waals surface area (Å²) in [4.78, 5) is 12.9. The number of carbonyl (C=O) groups is 1. The number of halogens is 1. The number of benzene rings is 1. The van der Waals surface area contributed by atoms with Crippen LogP contribution in [0.3, 0.4) is 0 Å². The van der Waals surface area contributed by atoms with E-state index in [1.54, 1.807) is 13.2 Å². The molecule has 3 rings (SSSR count). The average Bonchev–Trinajstić information content (AvgIpc) is 3.04. The van der Waals surface area contributed by atoms with E-state index in [0.29, 0.717) is 10.6 Å². The summed E-state index contributed by atoms with van der Waals surface area (Å²) in [6, 6.07) is 9.69. The first kappa shape index (κ1) is 13.5. The number of methoxy groups -OCH3 is 1. The lowest BCUT2D eigenvalue weighted by Crippen LogP contribution is -2.31. The molecule has 1 amide bonds. The van der Waals surface area contributed by atoms with Crippen LogP contribution in [-0.2, 0) is 6.42 Å². The van der Waals surface area contributed by atoms with Crippen molar-refractivity contribution in [2.24, 2.45) is 0 Å². The van der Waals surface area contributed by atoms with Gasteiger partial charge < -0.3 is 10.1 Å². The number of ether oxygens (including phenoxy) is 1. The number of hydrogen-bond acceptors (Lipinski definition) is 3.